The molecule has 0 bridgehead atoms. The Kier molecular flexibility index (Phi) is 5.65. The van der Waals surface area contributed by atoms with Gasteiger partial charge in [0.05, 0.1) is 11.1 Å². The summed E-state index contributed by atoms with van der Waals surface area (Å²) in [6.45, 7) is 2.24. The van der Waals surface area contributed by atoms with Crippen LogP contribution in [0.3, 0.4) is 0 Å². The van der Waals surface area contributed by atoms with Gasteiger partial charge < -0.3 is 9.80 Å². The molecule has 3 aliphatic rings. The smallest absolute Gasteiger partial charge is 0.261 e. The first kappa shape index (κ1) is 19.6. The lowest BCUT2D eigenvalue weighted by molar-refractivity contribution is -0.142. The predicted molar refractivity (Wildman–Crippen MR) is 106 cm³/mol. The van der Waals surface area contributed by atoms with Crippen LogP contribution in [-0.2, 0) is 9.59 Å². The van der Waals surface area contributed by atoms with Crippen molar-refractivity contribution in [2.45, 2.75) is 38.5 Å². The molecule has 7 heteroatoms. The number of imide groups is 1. The van der Waals surface area contributed by atoms with Crippen LogP contribution in [-0.4, -0.2) is 71.1 Å². The van der Waals surface area contributed by atoms with Crippen molar-refractivity contribution in [2.24, 2.45) is 5.92 Å². The number of nitrogens with zero attached hydrogens (tertiary/aromatic N) is 3. The zero-order valence-corrected chi connectivity index (χ0v) is 16.6. The third-order valence-corrected chi connectivity index (χ3v) is 6.33. The fourth-order valence-electron chi connectivity index (χ4n) is 4.59. The Morgan fingerprint density at radius 1 is 0.828 bits per heavy atom. The zero-order valence-electron chi connectivity index (χ0n) is 16.6. The first-order chi connectivity index (χ1) is 14.1. The summed E-state index contributed by atoms with van der Waals surface area (Å²) in [5.41, 5.74) is 0.805. The fraction of sp³-hybridized carbons (Fsp3) is 0.545. The van der Waals surface area contributed by atoms with Crippen molar-refractivity contribution in [3.8, 4) is 0 Å². The molecule has 1 saturated heterocycles. The Hall–Kier alpha value is -2.70. The Morgan fingerprint density at radius 3 is 1.97 bits per heavy atom. The van der Waals surface area contributed by atoms with Crippen molar-refractivity contribution in [3.05, 3.63) is 35.4 Å². The van der Waals surface area contributed by atoms with Crippen LogP contribution >= 0.6 is 0 Å². The number of fused-ring (bicyclic) bond motifs is 1. The van der Waals surface area contributed by atoms with Crippen molar-refractivity contribution >= 4 is 23.6 Å². The summed E-state index contributed by atoms with van der Waals surface area (Å²) in [5.74, 6) is -0.350. The quantitative estimate of drug-likeness (QED) is 0.728. The summed E-state index contributed by atoms with van der Waals surface area (Å²) in [5, 5.41) is 0. The van der Waals surface area contributed by atoms with Crippen LogP contribution in [0, 0.1) is 5.92 Å². The summed E-state index contributed by atoms with van der Waals surface area (Å²) in [6.07, 6.45) is 5.57. The Bertz CT molecular complexity index is 788. The van der Waals surface area contributed by atoms with Crippen molar-refractivity contribution in [1.29, 1.82) is 0 Å². The van der Waals surface area contributed by atoms with Gasteiger partial charge in [-0.05, 0) is 25.0 Å². The first-order valence-electron chi connectivity index (χ1n) is 10.6. The second-order valence-corrected chi connectivity index (χ2v) is 8.10. The minimum atomic E-state index is -0.332. The number of hydrogen-bond donors (Lipinski definition) is 0. The third kappa shape index (κ3) is 3.91. The van der Waals surface area contributed by atoms with E-state index in [-0.39, 0.29) is 42.5 Å². The van der Waals surface area contributed by atoms with E-state index in [1.54, 1.807) is 29.2 Å². The number of piperazine rings is 1. The summed E-state index contributed by atoms with van der Waals surface area (Å²) in [7, 11) is 0. The van der Waals surface area contributed by atoms with Crippen molar-refractivity contribution in [2.75, 3.05) is 32.7 Å². The van der Waals surface area contributed by atoms with E-state index in [2.05, 4.69) is 0 Å². The average Bonchev–Trinajstić information content (AvgIpc) is 3.02. The number of benzene rings is 1. The molecule has 2 aliphatic heterocycles. The molecule has 0 atom stereocenters. The maximum Gasteiger partial charge on any atom is 0.261 e. The second-order valence-electron chi connectivity index (χ2n) is 8.10. The standard InChI is InChI=1S/C22H27N3O4/c26-19(10-11-25-21(28)17-8-4-5-9-18(17)22(25)29)23-12-14-24(15-13-23)20(27)16-6-2-1-3-7-16/h4-5,8-9,16H,1-3,6-7,10-15H2. The van der Waals surface area contributed by atoms with Crippen molar-refractivity contribution < 1.29 is 19.2 Å². The highest BCUT2D eigenvalue weighted by Crippen LogP contribution is 2.26. The number of amides is 4. The number of hydrogen-bond acceptors (Lipinski definition) is 4. The van der Waals surface area contributed by atoms with Gasteiger partial charge in [-0.15, -0.1) is 0 Å². The van der Waals surface area contributed by atoms with Crippen molar-refractivity contribution in [1.82, 2.24) is 14.7 Å². The molecular weight excluding hydrogens is 370 g/mol. The van der Waals surface area contributed by atoms with Gasteiger partial charge in [0.25, 0.3) is 11.8 Å². The SMILES string of the molecule is O=C(CCN1C(=O)c2ccccc2C1=O)N1CCN(C(=O)C2CCCCC2)CC1. The van der Waals surface area contributed by atoms with Gasteiger partial charge in [0.2, 0.25) is 11.8 Å². The molecule has 0 aromatic heterocycles. The Balaban J connectivity index is 1.26. The molecule has 4 amide bonds. The molecule has 0 spiro atoms. The first-order valence-corrected chi connectivity index (χ1v) is 10.6. The molecule has 1 aliphatic carbocycles. The van der Waals surface area contributed by atoms with Crippen molar-refractivity contribution in [3.63, 3.8) is 0 Å². The molecule has 154 valence electrons. The number of rotatable bonds is 4. The van der Waals surface area contributed by atoms with E-state index in [9.17, 15) is 19.2 Å². The second kappa shape index (κ2) is 8.35. The molecule has 1 saturated carbocycles. The lowest BCUT2D eigenvalue weighted by Crippen LogP contribution is -2.52. The molecule has 2 fully saturated rings. The van der Waals surface area contributed by atoms with E-state index in [0.717, 1.165) is 30.6 Å². The Morgan fingerprint density at radius 2 is 1.38 bits per heavy atom. The molecule has 1 aromatic rings. The van der Waals surface area contributed by atoms with Crippen LogP contribution in [0.2, 0.25) is 0 Å². The van der Waals surface area contributed by atoms with E-state index in [4.69, 9.17) is 0 Å². The van der Waals surface area contributed by atoms with E-state index in [0.29, 0.717) is 37.3 Å². The van der Waals surface area contributed by atoms with E-state index >= 15 is 0 Å². The highest BCUT2D eigenvalue weighted by molar-refractivity contribution is 6.21. The number of carbonyl (C=O) groups is 4. The van der Waals surface area contributed by atoms with Gasteiger partial charge in [-0.3, -0.25) is 24.1 Å². The van der Waals surface area contributed by atoms with Gasteiger partial charge in [0, 0.05) is 45.1 Å². The van der Waals surface area contributed by atoms with Gasteiger partial charge in [0.1, 0.15) is 0 Å². The lowest BCUT2D eigenvalue weighted by Gasteiger charge is -2.37. The summed E-state index contributed by atoms with van der Waals surface area (Å²) >= 11 is 0. The highest BCUT2D eigenvalue weighted by atomic mass is 16.2. The van der Waals surface area contributed by atoms with Crippen LogP contribution in [0.4, 0.5) is 0 Å². The minimum Gasteiger partial charge on any atom is -0.339 e. The molecule has 0 radical (unpaired) electrons. The van der Waals surface area contributed by atoms with E-state index < -0.39 is 0 Å². The van der Waals surface area contributed by atoms with Gasteiger partial charge >= 0.3 is 0 Å². The lowest BCUT2D eigenvalue weighted by atomic mass is 9.88. The topological polar surface area (TPSA) is 78.0 Å². The van der Waals surface area contributed by atoms with Gasteiger partial charge in [-0.25, -0.2) is 0 Å². The number of carbonyl (C=O) groups excluding carboxylic acids is 4. The maximum atomic E-state index is 12.7. The minimum absolute atomic E-state index is 0.0775. The van der Waals surface area contributed by atoms with Gasteiger partial charge in [-0.1, -0.05) is 31.4 Å². The molecule has 7 nitrogen and oxygen atoms in total. The van der Waals surface area contributed by atoms with E-state index in [1.165, 1.54) is 6.42 Å². The Labute approximate surface area is 170 Å². The summed E-state index contributed by atoms with van der Waals surface area (Å²) in [6, 6.07) is 6.74. The van der Waals surface area contributed by atoms with Gasteiger partial charge in [-0.2, -0.15) is 0 Å². The molecular formula is C22H27N3O4. The maximum absolute atomic E-state index is 12.7. The predicted octanol–water partition coefficient (Wildman–Crippen LogP) is 1.92. The van der Waals surface area contributed by atoms with Crippen LogP contribution in [0.15, 0.2) is 24.3 Å². The fourth-order valence-corrected chi connectivity index (χ4v) is 4.59. The molecule has 0 unspecified atom stereocenters. The highest BCUT2D eigenvalue weighted by Gasteiger charge is 2.36. The molecule has 4 rings (SSSR count). The van der Waals surface area contributed by atoms with E-state index in [1.807, 2.05) is 4.90 Å². The summed E-state index contributed by atoms with van der Waals surface area (Å²) < 4.78 is 0. The third-order valence-electron chi connectivity index (χ3n) is 6.33. The van der Waals surface area contributed by atoms with Gasteiger partial charge in [0.15, 0.2) is 0 Å². The monoisotopic (exact) mass is 397 g/mol. The largest absolute Gasteiger partial charge is 0.339 e. The van der Waals surface area contributed by atoms with Crippen LogP contribution in [0.1, 0.15) is 59.2 Å². The average molecular weight is 397 g/mol. The molecule has 29 heavy (non-hydrogen) atoms. The molecule has 1 aromatic carbocycles. The zero-order chi connectivity index (χ0) is 20.4. The van der Waals surface area contributed by atoms with Crippen LogP contribution in [0.5, 0.6) is 0 Å². The van der Waals surface area contributed by atoms with Crippen LogP contribution in [0.25, 0.3) is 0 Å². The normalized spacial score (nSPS) is 20.2. The van der Waals surface area contributed by atoms with Crippen LogP contribution < -0.4 is 0 Å². The summed E-state index contributed by atoms with van der Waals surface area (Å²) in [4.78, 5) is 54.8. The molecule has 0 N–H and O–H groups in total. The molecule has 2 heterocycles.